The quantitative estimate of drug-likeness (QED) is 0.536. The third kappa shape index (κ3) is 4.66. The number of thioether (sulfide) groups is 1. The number of fused-ring (bicyclic) bond motifs is 2. The Morgan fingerprint density at radius 3 is 2.64 bits per heavy atom. The van der Waals surface area contributed by atoms with Crippen molar-refractivity contribution in [3.05, 3.63) is 52.8 Å². The number of nitrogens with zero attached hydrogens (tertiary/aromatic N) is 3. The maximum atomic E-state index is 12.4. The fraction of sp³-hybridized carbons (Fsp3) is 0.190. The molecule has 0 radical (unpaired) electrons. The van der Waals surface area contributed by atoms with E-state index in [1.165, 1.54) is 22.4 Å². The predicted octanol–water partition coefficient (Wildman–Crippen LogP) is 2.27. The number of nitrogens with one attached hydrogen (secondary N) is 1. The van der Waals surface area contributed by atoms with Gasteiger partial charge in [-0.25, -0.2) is 18.2 Å². The Morgan fingerprint density at radius 1 is 1.24 bits per heavy atom. The summed E-state index contributed by atoms with van der Waals surface area (Å²) in [5, 5.41) is 11.0. The molecule has 3 aromatic rings. The molecule has 12 heteroatoms. The van der Waals surface area contributed by atoms with E-state index >= 15 is 0 Å². The highest BCUT2D eigenvalue weighted by Crippen LogP contribution is 2.48. The van der Waals surface area contributed by atoms with Crippen LogP contribution in [0.2, 0.25) is 0 Å². The minimum atomic E-state index is -3.75. The van der Waals surface area contributed by atoms with Crippen LogP contribution in [-0.2, 0) is 21.9 Å². The molecule has 3 heterocycles. The first kappa shape index (κ1) is 22.7. The molecule has 172 valence electrons. The Morgan fingerprint density at radius 2 is 1.97 bits per heavy atom. The van der Waals surface area contributed by atoms with Crippen molar-refractivity contribution in [3.63, 3.8) is 0 Å². The summed E-state index contributed by atoms with van der Waals surface area (Å²) in [5.41, 5.74) is 1.38. The Bertz CT molecular complexity index is 1430. The number of sulfonamides is 1. The van der Waals surface area contributed by atoms with Gasteiger partial charge in [0, 0.05) is 18.5 Å². The Hall–Kier alpha value is -3.51. The van der Waals surface area contributed by atoms with E-state index in [4.69, 9.17) is 4.74 Å². The van der Waals surface area contributed by atoms with Gasteiger partial charge in [0.15, 0.2) is 0 Å². The van der Waals surface area contributed by atoms with Crippen LogP contribution in [0, 0.1) is 0 Å². The molecule has 0 spiro atoms. The third-order valence-corrected chi connectivity index (χ3v) is 6.58. The van der Waals surface area contributed by atoms with Crippen LogP contribution in [0.25, 0.3) is 17.0 Å². The number of aromatic carboxylic acids is 1. The Labute approximate surface area is 193 Å². The first-order valence-electron chi connectivity index (χ1n) is 9.61. The van der Waals surface area contributed by atoms with E-state index in [9.17, 15) is 23.1 Å². The van der Waals surface area contributed by atoms with Gasteiger partial charge in [-0.05, 0) is 30.3 Å². The van der Waals surface area contributed by atoms with Gasteiger partial charge in [0.25, 0.3) is 5.91 Å². The molecule has 2 N–H and O–H groups in total. The standard InChI is InChI=1S/C21H20N4O6S2/c1-24-16(21(27)28)10-17-20(24)25(11-18(26)23-33(3,29)30)19(32-17)8-13-6-4-12-5-7-14(31-2)9-15(12)22-13/h4-10H,11H2,1-3H3,(H,23,26)(H,27,28). The van der Waals surface area contributed by atoms with Gasteiger partial charge >= 0.3 is 5.97 Å². The monoisotopic (exact) mass is 488 g/mol. The number of pyridine rings is 1. The molecule has 0 atom stereocenters. The molecule has 0 saturated carbocycles. The molecule has 1 aliphatic heterocycles. The van der Waals surface area contributed by atoms with Gasteiger partial charge in [0.2, 0.25) is 10.0 Å². The Kier molecular flexibility index (Phi) is 5.80. The zero-order valence-corrected chi connectivity index (χ0v) is 19.5. The van der Waals surface area contributed by atoms with Crippen LogP contribution in [0.5, 0.6) is 5.75 Å². The van der Waals surface area contributed by atoms with Crippen molar-refractivity contribution in [3.8, 4) is 5.75 Å². The number of ether oxygens (including phenoxy) is 1. The predicted molar refractivity (Wildman–Crippen MR) is 125 cm³/mol. The highest BCUT2D eigenvalue weighted by Gasteiger charge is 2.33. The minimum absolute atomic E-state index is 0.0518. The molecule has 1 aliphatic rings. The topological polar surface area (TPSA) is 131 Å². The molecule has 1 aromatic carbocycles. The van der Waals surface area contributed by atoms with E-state index in [0.717, 1.165) is 17.2 Å². The van der Waals surface area contributed by atoms with Gasteiger partial charge < -0.3 is 19.3 Å². The average molecular weight is 489 g/mol. The van der Waals surface area contributed by atoms with Crippen molar-refractivity contribution >= 4 is 56.5 Å². The molecule has 0 aliphatic carbocycles. The fourth-order valence-corrected chi connectivity index (χ4v) is 5.17. The summed E-state index contributed by atoms with van der Waals surface area (Å²) in [6, 6.07) is 10.8. The highest BCUT2D eigenvalue weighted by atomic mass is 32.2. The summed E-state index contributed by atoms with van der Waals surface area (Å²) in [5.74, 6) is -0.702. The molecule has 4 rings (SSSR count). The van der Waals surface area contributed by atoms with Crippen LogP contribution in [0.3, 0.4) is 0 Å². The molecule has 2 aromatic heterocycles. The van der Waals surface area contributed by atoms with Gasteiger partial charge in [0.1, 0.15) is 23.8 Å². The summed E-state index contributed by atoms with van der Waals surface area (Å²) in [6.45, 7) is -0.322. The number of hydrogen-bond donors (Lipinski definition) is 2. The third-order valence-electron chi connectivity index (χ3n) is 4.92. The first-order valence-corrected chi connectivity index (χ1v) is 12.3. The van der Waals surface area contributed by atoms with Crippen LogP contribution in [0.15, 0.2) is 46.3 Å². The van der Waals surface area contributed by atoms with E-state index in [0.29, 0.717) is 27.2 Å². The lowest BCUT2D eigenvalue weighted by molar-refractivity contribution is -0.117. The van der Waals surface area contributed by atoms with Gasteiger partial charge in [-0.1, -0.05) is 17.8 Å². The molecule has 0 saturated heterocycles. The van der Waals surface area contributed by atoms with E-state index in [1.807, 2.05) is 35.1 Å². The van der Waals surface area contributed by atoms with E-state index in [2.05, 4.69) is 4.98 Å². The van der Waals surface area contributed by atoms with Crippen LogP contribution >= 0.6 is 11.8 Å². The normalized spacial score (nSPS) is 14.5. The summed E-state index contributed by atoms with van der Waals surface area (Å²) < 4.78 is 31.7. The molecule has 33 heavy (non-hydrogen) atoms. The molecule has 0 fully saturated rings. The number of carboxylic acids is 1. The van der Waals surface area contributed by atoms with Crippen molar-refractivity contribution in [1.29, 1.82) is 0 Å². The molecular weight excluding hydrogens is 468 g/mol. The van der Waals surface area contributed by atoms with Gasteiger partial charge in [-0.15, -0.1) is 0 Å². The molecule has 0 bridgehead atoms. The lowest BCUT2D eigenvalue weighted by atomic mass is 10.2. The number of carbonyl (C=O) groups is 2. The zero-order chi connectivity index (χ0) is 23.9. The summed E-state index contributed by atoms with van der Waals surface area (Å²) in [7, 11) is -0.595. The molecule has 10 nitrogen and oxygen atoms in total. The highest BCUT2D eigenvalue weighted by molar-refractivity contribution is 8.03. The lowest BCUT2D eigenvalue weighted by Gasteiger charge is -2.21. The van der Waals surface area contributed by atoms with Crippen LogP contribution in [0.4, 0.5) is 5.82 Å². The molecular formula is C21H20N4O6S2. The fourth-order valence-electron chi connectivity index (χ4n) is 3.52. The van der Waals surface area contributed by atoms with Crippen LogP contribution < -0.4 is 14.4 Å². The second-order valence-electron chi connectivity index (χ2n) is 7.34. The SMILES string of the molecule is COc1ccc2ccc(C=C3Sc4cc(C(=O)O)n(C)c4N3CC(=O)NS(C)(=O)=O)nc2c1. The summed E-state index contributed by atoms with van der Waals surface area (Å²) >= 11 is 1.27. The summed E-state index contributed by atoms with van der Waals surface area (Å²) in [6.07, 6.45) is 2.65. The number of benzene rings is 1. The number of anilines is 1. The summed E-state index contributed by atoms with van der Waals surface area (Å²) in [4.78, 5) is 30.8. The van der Waals surface area contributed by atoms with E-state index in [1.54, 1.807) is 25.1 Å². The number of amides is 1. The molecule has 1 amide bonds. The number of hydrogen-bond acceptors (Lipinski definition) is 8. The van der Waals surface area contributed by atoms with E-state index < -0.39 is 21.9 Å². The van der Waals surface area contributed by atoms with Gasteiger partial charge in [-0.2, -0.15) is 0 Å². The second-order valence-corrected chi connectivity index (χ2v) is 10.2. The van der Waals surface area contributed by atoms with Crippen molar-refractivity contribution in [1.82, 2.24) is 14.3 Å². The maximum Gasteiger partial charge on any atom is 0.352 e. The number of rotatable bonds is 6. The lowest BCUT2D eigenvalue weighted by Crippen LogP contribution is -2.38. The smallest absolute Gasteiger partial charge is 0.352 e. The first-order chi connectivity index (χ1) is 15.6. The minimum Gasteiger partial charge on any atom is -0.497 e. The zero-order valence-electron chi connectivity index (χ0n) is 17.9. The van der Waals surface area contributed by atoms with Crippen molar-refractivity contribution in [2.45, 2.75) is 4.90 Å². The Balaban J connectivity index is 1.75. The van der Waals surface area contributed by atoms with Crippen LogP contribution in [0.1, 0.15) is 16.2 Å². The number of methoxy groups -OCH3 is 1. The number of carboxylic acid groups (broad SMARTS) is 1. The van der Waals surface area contributed by atoms with Crippen molar-refractivity contribution in [2.24, 2.45) is 7.05 Å². The van der Waals surface area contributed by atoms with Gasteiger partial charge in [0.05, 0.1) is 34.5 Å². The van der Waals surface area contributed by atoms with Crippen molar-refractivity contribution < 1.29 is 27.9 Å². The second kappa shape index (κ2) is 8.45. The maximum absolute atomic E-state index is 12.4. The van der Waals surface area contributed by atoms with Crippen molar-refractivity contribution in [2.75, 3.05) is 24.8 Å². The number of carbonyl (C=O) groups excluding carboxylic acids is 1. The molecule has 0 unspecified atom stereocenters. The van der Waals surface area contributed by atoms with E-state index in [-0.39, 0.29) is 12.2 Å². The van der Waals surface area contributed by atoms with Gasteiger partial charge in [-0.3, -0.25) is 9.52 Å². The van der Waals surface area contributed by atoms with Crippen LogP contribution in [-0.4, -0.2) is 54.9 Å². The average Bonchev–Trinajstić information content (AvgIpc) is 3.22. The largest absolute Gasteiger partial charge is 0.497 e. The number of aromatic nitrogens is 2.